The summed E-state index contributed by atoms with van der Waals surface area (Å²) in [6.45, 7) is 3.33. The van der Waals surface area contributed by atoms with E-state index in [-0.39, 0.29) is 5.82 Å². The van der Waals surface area contributed by atoms with Crippen molar-refractivity contribution in [3.63, 3.8) is 0 Å². The van der Waals surface area contributed by atoms with E-state index in [1.807, 2.05) is 0 Å². The SMILES string of the molecule is Cc1cc(C(C)(O)c2ccoc2)ccc1F. The highest BCUT2D eigenvalue weighted by atomic mass is 19.1. The van der Waals surface area contributed by atoms with Crippen LogP contribution in [-0.2, 0) is 5.60 Å². The number of rotatable bonds is 2. The molecule has 84 valence electrons. The third-order valence-electron chi connectivity index (χ3n) is 2.80. The van der Waals surface area contributed by atoms with Crippen LogP contribution in [0, 0.1) is 12.7 Å². The normalized spacial score (nSPS) is 14.8. The van der Waals surface area contributed by atoms with Gasteiger partial charge in [-0.3, -0.25) is 0 Å². The molecule has 2 nitrogen and oxygen atoms in total. The molecular formula is C13H13FO2. The Kier molecular flexibility index (Phi) is 2.56. The molecule has 0 amide bonds. The van der Waals surface area contributed by atoms with E-state index in [0.29, 0.717) is 16.7 Å². The number of halogens is 1. The number of aryl methyl sites for hydroxylation is 1. The molecule has 1 unspecified atom stereocenters. The zero-order chi connectivity index (χ0) is 11.8. The van der Waals surface area contributed by atoms with Crippen molar-refractivity contribution in [2.75, 3.05) is 0 Å². The Bertz CT molecular complexity index is 487. The molecular weight excluding hydrogens is 207 g/mol. The van der Waals surface area contributed by atoms with Gasteiger partial charge in [-0.15, -0.1) is 0 Å². The summed E-state index contributed by atoms with van der Waals surface area (Å²) in [5.41, 5.74) is 0.651. The van der Waals surface area contributed by atoms with Gasteiger partial charge in [0.05, 0.1) is 12.5 Å². The van der Waals surface area contributed by atoms with Crippen LogP contribution < -0.4 is 0 Å². The minimum absolute atomic E-state index is 0.272. The molecule has 0 radical (unpaired) electrons. The average Bonchev–Trinajstić information content (AvgIpc) is 2.75. The molecule has 0 spiro atoms. The lowest BCUT2D eigenvalue weighted by molar-refractivity contribution is 0.101. The maximum Gasteiger partial charge on any atom is 0.126 e. The largest absolute Gasteiger partial charge is 0.472 e. The van der Waals surface area contributed by atoms with Crippen molar-refractivity contribution < 1.29 is 13.9 Å². The first kappa shape index (κ1) is 10.9. The zero-order valence-corrected chi connectivity index (χ0v) is 9.20. The molecule has 1 aromatic heterocycles. The Hall–Kier alpha value is -1.61. The molecule has 0 aliphatic carbocycles. The van der Waals surface area contributed by atoms with Crippen molar-refractivity contribution in [2.45, 2.75) is 19.4 Å². The second kappa shape index (κ2) is 3.76. The molecule has 0 aliphatic rings. The van der Waals surface area contributed by atoms with Crippen LogP contribution in [0.5, 0.6) is 0 Å². The van der Waals surface area contributed by atoms with Crippen LogP contribution in [0.3, 0.4) is 0 Å². The number of benzene rings is 1. The Morgan fingerprint density at radius 2 is 2.00 bits per heavy atom. The van der Waals surface area contributed by atoms with Crippen molar-refractivity contribution >= 4 is 0 Å². The van der Waals surface area contributed by atoms with Gasteiger partial charge in [0, 0.05) is 5.56 Å². The summed E-state index contributed by atoms with van der Waals surface area (Å²) < 4.78 is 18.1. The van der Waals surface area contributed by atoms with E-state index in [2.05, 4.69) is 0 Å². The van der Waals surface area contributed by atoms with Crippen LogP contribution in [0.25, 0.3) is 0 Å². The highest BCUT2D eigenvalue weighted by molar-refractivity contribution is 5.35. The van der Waals surface area contributed by atoms with E-state index in [1.165, 1.54) is 18.6 Å². The summed E-state index contributed by atoms with van der Waals surface area (Å²) in [5.74, 6) is -0.272. The quantitative estimate of drug-likeness (QED) is 0.844. The van der Waals surface area contributed by atoms with Crippen molar-refractivity contribution in [1.29, 1.82) is 0 Å². The molecule has 1 aromatic carbocycles. The monoisotopic (exact) mass is 220 g/mol. The molecule has 3 heteroatoms. The van der Waals surface area contributed by atoms with Crippen LogP contribution in [0.1, 0.15) is 23.6 Å². The Morgan fingerprint density at radius 1 is 1.25 bits per heavy atom. The first-order chi connectivity index (χ1) is 7.51. The van der Waals surface area contributed by atoms with Gasteiger partial charge in [-0.05, 0) is 43.2 Å². The molecule has 1 N–H and O–H groups in total. The van der Waals surface area contributed by atoms with Crippen LogP contribution in [-0.4, -0.2) is 5.11 Å². The van der Waals surface area contributed by atoms with Gasteiger partial charge in [-0.1, -0.05) is 6.07 Å². The van der Waals surface area contributed by atoms with Crippen LogP contribution in [0.15, 0.2) is 41.2 Å². The van der Waals surface area contributed by atoms with Gasteiger partial charge in [-0.2, -0.15) is 0 Å². The third-order valence-corrected chi connectivity index (χ3v) is 2.80. The molecule has 2 aromatic rings. The predicted molar refractivity (Wildman–Crippen MR) is 58.5 cm³/mol. The fourth-order valence-corrected chi connectivity index (χ4v) is 1.66. The van der Waals surface area contributed by atoms with Gasteiger partial charge in [0.1, 0.15) is 11.4 Å². The minimum Gasteiger partial charge on any atom is -0.472 e. The summed E-state index contributed by atoms with van der Waals surface area (Å²) in [5, 5.41) is 10.4. The number of hydrogen-bond donors (Lipinski definition) is 1. The highest BCUT2D eigenvalue weighted by Crippen LogP contribution is 2.30. The molecule has 1 heterocycles. The minimum atomic E-state index is -1.16. The maximum atomic E-state index is 13.1. The van der Waals surface area contributed by atoms with Crippen molar-refractivity contribution in [2.24, 2.45) is 0 Å². The molecule has 0 fully saturated rings. The molecule has 0 bridgehead atoms. The van der Waals surface area contributed by atoms with Crippen molar-refractivity contribution in [1.82, 2.24) is 0 Å². The zero-order valence-electron chi connectivity index (χ0n) is 9.20. The van der Waals surface area contributed by atoms with Gasteiger partial charge in [-0.25, -0.2) is 4.39 Å². The van der Waals surface area contributed by atoms with Gasteiger partial charge >= 0.3 is 0 Å². The average molecular weight is 220 g/mol. The van der Waals surface area contributed by atoms with E-state index >= 15 is 0 Å². The Balaban J connectivity index is 2.47. The highest BCUT2D eigenvalue weighted by Gasteiger charge is 2.27. The van der Waals surface area contributed by atoms with E-state index in [9.17, 15) is 9.50 Å². The van der Waals surface area contributed by atoms with E-state index in [4.69, 9.17) is 4.42 Å². The Labute approximate surface area is 93.3 Å². The molecule has 0 saturated carbocycles. The van der Waals surface area contributed by atoms with E-state index in [1.54, 1.807) is 32.0 Å². The Morgan fingerprint density at radius 3 is 2.56 bits per heavy atom. The fraction of sp³-hybridized carbons (Fsp3) is 0.231. The maximum absolute atomic E-state index is 13.1. The van der Waals surface area contributed by atoms with Crippen molar-refractivity contribution in [3.05, 3.63) is 59.3 Å². The van der Waals surface area contributed by atoms with Gasteiger partial charge in [0.2, 0.25) is 0 Å². The molecule has 1 atom stereocenters. The third kappa shape index (κ3) is 1.74. The number of aliphatic hydroxyl groups is 1. The van der Waals surface area contributed by atoms with Gasteiger partial charge in [0.25, 0.3) is 0 Å². The lowest BCUT2D eigenvalue weighted by Gasteiger charge is -2.22. The first-order valence-electron chi connectivity index (χ1n) is 5.03. The molecule has 0 saturated heterocycles. The van der Waals surface area contributed by atoms with Gasteiger partial charge in [0.15, 0.2) is 0 Å². The smallest absolute Gasteiger partial charge is 0.126 e. The van der Waals surface area contributed by atoms with Crippen LogP contribution >= 0.6 is 0 Å². The molecule has 2 rings (SSSR count). The van der Waals surface area contributed by atoms with Crippen LogP contribution in [0.2, 0.25) is 0 Å². The lowest BCUT2D eigenvalue weighted by atomic mass is 9.89. The number of furan rings is 1. The van der Waals surface area contributed by atoms with Gasteiger partial charge < -0.3 is 9.52 Å². The summed E-state index contributed by atoms with van der Waals surface area (Å²) >= 11 is 0. The number of hydrogen-bond acceptors (Lipinski definition) is 2. The standard InChI is InChI=1S/C13H13FO2/c1-9-7-10(3-4-12(9)14)13(2,15)11-5-6-16-8-11/h3-8,15H,1-2H3. The summed E-state index contributed by atoms with van der Waals surface area (Å²) in [6.07, 6.45) is 2.98. The summed E-state index contributed by atoms with van der Waals surface area (Å²) in [6, 6.07) is 6.27. The molecule has 16 heavy (non-hydrogen) atoms. The lowest BCUT2D eigenvalue weighted by Crippen LogP contribution is -2.22. The second-order valence-electron chi connectivity index (χ2n) is 4.05. The summed E-state index contributed by atoms with van der Waals surface area (Å²) in [4.78, 5) is 0. The fourth-order valence-electron chi connectivity index (χ4n) is 1.66. The first-order valence-corrected chi connectivity index (χ1v) is 5.03. The topological polar surface area (TPSA) is 33.4 Å². The second-order valence-corrected chi connectivity index (χ2v) is 4.05. The predicted octanol–water partition coefficient (Wildman–Crippen LogP) is 2.98. The molecule has 0 aliphatic heterocycles. The van der Waals surface area contributed by atoms with E-state index < -0.39 is 5.60 Å². The van der Waals surface area contributed by atoms with Crippen molar-refractivity contribution in [3.8, 4) is 0 Å². The summed E-state index contributed by atoms with van der Waals surface area (Å²) in [7, 11) is 0. The van der Waals surface area contributed by atoms with E-state index in [0.717, 1.165) is 0 Å². The van der Waals surface area contributed by atoms with Crippen LogP contribution in [0.4, 0.5) is 4.39 Å².